The van der Waals surface area contributed by atoms with Crippen LogP contribution in [-0.4, -0.2) is 17.0 Å². The Morgan fingerprint density at radius 2 is 2.12 bits per heavy atom. The molecule has 0 amide bonds. The number of fused-ring (bicyclic) bond motifs is 2. The van der Waals surface area contributed by atoms with Crippen LogP contribution in [0.5, 0.6) is 0 Å². The second-order valence-electron chi connectivity index (χ2n) is 5.76. The van der Waals surface area contributed by atoms with E-state index in [1.807, 2.05) is 0 Å². The number of rotatable bonds is 3. The number of ether oxygens (including phenoxy) is 1. The minimum Gasteiger partial charge on any atom is -0.368 e. The van der Waals surface area contributed by atoms with Gasteiger partial charge in [-0.2, -0.15) is 0 Å². The van der Waals surface area contributed by atoms with Crippen molar-refractivity contribution in [1.29, 1.82) is 0 Å². The van der Waals surface area contributed by atoms with Gasteiger partial charge in [-0.3, -0.25) is 0 Å². The van der Waals surface area contributed by atoms with Crippen molar-refractivity contribution in [3.63, 3.8) is 0 Å². The molecule has 16 heavy (non-hydrogen) atoms. The van der Waals surface area contributed by atoms with E-state index in [9.17, 15) is 5.11 Å². The van der Waals surface area contributed by atoms with Crippen LogP contribution in [0.3, 0.4) is 0 Å². The quantitative estimate of drug-likeness (QED) is 0.747. The summed E-state index contributed by atoms with van der Waals surface area (Å²) in [5.74, 6) is 1.63. The SMILES string of the molecule is CCC1(OC(C)O)CCCCC2CCC1C2. The summed E-state index contributed by atoms with van der Waals surface area (Å²) in [5, 5.41) is 9.57. The van der Waals surface area contributed by atoms with E-state index in [4.69, 9.17) is 4.74 Å². The van der Waals surface area contributed by atoms with E-state index < -0.39 is 6.29 Å². The maximum atomic E-state index is 9.57. The van der Waals surface area contributed by atoms with Gasteiger partial charge in [-0.05, 0) is 44.4 Å². The summed E-state index contributed by atoms with van der Waals surface area (Å²) in [6, 6.07) is 0. The Balaban J connectivity index is 2.13. The monoisotopic (exact) mass is 226 g/mol. The molecule has 2 aliphatic rings. The Morgan fingerprint density at radius 1 is 1.31 bits per heavy atom. The summed E-state index contributed by atoms with van der Waals surface area (Å²) in [6.07, 6.45) is 9.65. The molecule has 0 radical (unpaired) electrons. The highest BCUT2D eigenvalue weighted by atomic mass is 16.6. The van der Waals surface area contributed by atoms with Gasteiger partial charge < -0.3 is 9.84 Å². The van der Waals surface area contributed by atoms with Crippen LogP contribution in [0.15, 0.2) is 0 Å². The lowest BCUT2D eigenvalue weighted by Gasteiger charge is -2.41. The molecule has 2 fully saturated rings. The van der Waals surface area contributed by atoms with Gasteiger partial charge in [0.2, 0.25) is 0 Å². The summed E-state index contributed by atoms with van der Waals surface area (Å²) in [6.45, 7) is 3.97. The van der Waals surface area contributed by atoms with Crippen LogP contribution in [-0.2, 0) is 4.74 Å². The lowest BCUT2D eigenvalue weighted by molar-refractivity contribution is -0.203. The van der Waals surface area contributed by atoms with Crippen LogP contribution in [0.2, 0.25) is 0 Å². The molecule has 0 heterocycles. The zero-order valence-electron chi connectivity index (χ0n) is 10.7. The molecule has 0 spiro atoms. The Kier molecular flexibility index (Phi) is 3.91. The average Bonchev–Trinajstić information content (AvgIpc) is 2.70. The van der Waals surface area contributed by atoms with Gasteiger partial charge in [-0.15, -0.1) is 0 Å². The first kappa shape index (κ1) is 12.4. The lowest BCUT2D eigenvalue weighted by atomic mass is 9.77. The zero-order chi connectivity index (χ0) is 11.6. The molecule has 2 bridgehead atoms. The molecule has 0 aromatic rings. The predicted octanol–water partition coefficient (Wildman–Crippen LogP) is 3.48. The molecular weight excluding hydrogens is 200 g/mol. The molecule has 2 saturated carbocycles. The van der Waals surface area contributed by atoms with E-state index in [1.165, 1.54) is 38.5 Å². The Labute approximate surface area is 99.4 Å². The minimum atomic E-state index is -0.613. The van der Waals surface area contributed by atoms with E-state index >= 15 is 0 Å². The second kappa shape index (κ2) is 5.05. The van der Waals surface area contributed by atoms with Gasteiger partial charge in [0.25, 0.3) is 0 Å². The summed E-state index contributed by atoms with van der Waals surface area (Å²) < 4.78 is 5.95. The van der Waals surface area contributed by atoms with Crippen molar-refractivity contribution in [1.82, 2.24) is 0 Å². The summed E-state index contributed by atoms with van der Waals surface area (Å²) in [4.78, 5) is 0. The van der Waals surface area contributed by atoms with Crippen LogP contribution in [0.1, 0.15) is 65.2 Å². The molecule has 2 aliphatic carbocycles. The molecule has 0 aliphatic heterocycles. The van der Waals surface area contributed by atoms with Crippen molar-refractivity contribution in [3.05, 3.63) is 0 Å². The Morgan fingerprint density at radius 3 is 2.81 bits per heavy atom. The van der Waals surface area contributed by atoms with Gasteiger partial charge in [-0.1, -0.05) is 32.6 Å². The third kappa shape index (κ3) is 2.43. The van der Waals surface area contributed by atoms with Gasteiger partial charge >= 0.3 is 0 Å². The van der Waals surface area contributed by atoms with Crippen LogP contribution >= 0.6 is 0 Å². The van der Waals surface area contributed by atoms with E-state index in [2.05, 4.69) is 6.92 Å². The summed E-state index contributed by atoms with van der Waals surface area (Å²) in [7, 11) is 0. The molecule has 2 rings (SSSR count). The van der Waals surface area contributed by atoms with Crippen molar-refractivity contribution in [2.45, 2.75) is 77.1 Å². The molecule has 4 atom stereocenters. The first-order chi connectivity index (χ1) is 7.66. The van der Waals surface area contributed by atoms with Gasteiger partial charge in [0, 0.05) is 0 Å². The molecular formula is C14H26O2. The standard InChI is InChI=1S/C14H26O2/c1-3-14(16-11(2)15)9-5-4-6-12-7-8-13(14)10-12/h11-13,15H,3-10H2,1-2H3. The van der Waals surface area contributed by atoms with E-state index in [1.54, 1.807) is 6.92 Å². The fourth-order valence-corrected chi connectivity index (χ4v) is 3.92. The highest BCUT2D eigenvalue weighted by Crippen LogP contribution is 2.47. The Bertz CT molecular complexity index is 227. The maximum Gasteiger partial charge on any atom is 0.152 e. The molecule has 0 aromatic heterocycles. The van der Waals surface area contributed by atoms with Gasteiger partial charge in [0.1, 0.15) is 0 Å². The average molecular weight is 226 g/mol. The number of aliphatic hydroxyl groups excluding tert-OH is 1. The third-order valence-electron chi connectivity index (χ3n) is 4.75. The topological polar surface area (TPSA) is 29.5 Å². The fraction of sp³-hybridized carbons (Fsp3) is 1.00. The van der Waals surface area contributed by atoms with Crippen LogP contribution < -0.4 is 0 Å². The number of aliphatic hydroxyl groups is 1. The van der Waals surface area contributed by atoms with Crippen molar-refractivity contribution in [3.8, 4) is 0 Å². The van der Waals surface area contributed by atoms with E-state index in [0.29, 0.717) is 5.92 Å². The van der Waals surface area contributed by atoms with Crippen molar-refractivity contribution >= 4 is 0 Å². The molecule has 0 saturated heterocycles. The summed E-state index contributed by atoms with van der Waals surface area (Å²) >= 11 is 0. The number of hydrogen-bond donors (Lipinski definition) is 1. The lowest BCUT2D eigenvalue weighted by Crippen LogP contribution is -2.42. The van der Waals surface area contributed by atoms with E-state index in [0.717, 1.165) is 18.8 Å². The van der Waals surface area contributed by atoms with Gasteiger partial charge in [0.05, 0.1) is 5.60 Å². The number of hydrogen-bond acceptors (Lipinski definition) is 2. The van der Waals surface area contributed by atoms with Crippen molar-refractivity contribution < 1.29 is 9.84 Å². The van der Waals surface area contributed by atoms with Crippen LogP contribution in [0.4, 0.5) is 0 Å². The minimum absolute atomic E-state index is 0.0245. The molecule has 2 nitrogen and oxygen atoms in total. The molecule has 4 unspecified atom stereocenters. The molecule has 0 aromatic carbocycles. The maximum absolute atomic E-state index is 9.57. The third-order valence-corrected chi connectivity index (χ3v) is 4.75. The van der Waals surface area contributed by atoms with Crippen LogP contribution in [0, 0.1) is 11.8 Å². The van der Waals surface area contributed by atoms with Crippen LogP contribution in [0.25, 0.3) is 0 Å². The highest BCUT2D eigenvalue weighted by Gasteiger charge is 2.43. The summed E-state index contributed by atoms with van der Waals surface area (Å²) in [5.41, 5.74) is -0.0245. The fourth-order valence-electron chi connectivity index (χ4n) is 3.92. The van der Waals surface area contributed by atoms with Crippen molar-refractivity contribution in [2.75, 3.05) is 0 Å². The predicted molar refractivity (Wildman–Crippen MR) is 65.1 cm³/mol. The zero-order valence-corrected chi connectivity index (χ0v) is 10.7. The first-order valence-corrected chi connectivity index (χ1v) is 7.02. The largest absolute Gasteiger partial charge is 0.368 e. The van der Waals surface area contributed by atoms with Gasteiger partial charge in [-0.25, -0.2) is 0 Å². The highest BCUT2D eigenvalue weighted by molar-refractivity contribution is 4.94. The van der Waals surface area contributed by atoms with Gasteiger partial charge in [0.15, 0.2) is 6.29 Å². The van der Waals surface area contributed by atoms with Crippen molar-refractivity contribution in [2.24, 2.45) is 11.8 Å². The van der Waals surface area contributed by atoms with E-state index in [-0.39, 0.29) is 5.60 Å². The smallest absolute Gasteiger partial charge is 0.152 e. The second-order valence-corrected chi connectivity index (χ2v) is 5.76. The molecule has 94 valence electrons. The Hall–Kier alpha value is -0.0800. The molecule has 2 heteroatoms. The normalized spacial score (nSPS) is 41.4. The molecule has 1 N–H and O–H groups in total. The first-order valence-electron chi connectivity index (χ1n) is 7.02.